The number of piperidine rings is 1. The molecule has 0 bridgehead atoms. The SMILES string of the molecule is CCCC1(C(=O)Cc2ccc(Cl)cc2F)CCCNC1. The van der Waals surface area contributed by atoms with Gasteiger partial charge in [0.25, 0.3) is 0 Å². The minimum absolute atomic E-state index is 0.146. The Hall–Kier alpha value is -0.930. The molecule has 110 valence electrons. The number of carbonyl (C=O) groups is 1. The second-order valence-electron chi connectivity index (χ2n) is 5.65. The highest BCUT2D eigenvalue weighted by atomic mass is 35.5. The summed E-state index contributed by atoms with van der Waals surface area (Å²) in [5.74, 6) is -0.242. The van der Waals surface area contributed by atoms with Crippen molar-refractivity contribution in [3.05, 3.63) is 34.6 Å². The molecule has 1 aliphatic rings. The summed E-state index contributed by atoms with van der Waals surface area (Å²) < 4.78 is 13.8. The van der Waals surface area contributed by atoms with Crippen LogP contribution in [0.25, 0.3) is 0 Å². The molecule has 2 rings (SSSR count). The fourth-order valence-electron chi connectivity index (χ4n) is 3.06. The number of Topliss-reactive ketones (excluding diaryl/α,β-unsaturated/α-hetero) is 1. The van der Waals surface area contributed by atoms with E-state index in [9.17, 15) is 9.18 Å². The Morgan fingerprint density at radius 3 is 2.90 bits per heavy atom. The Kier molecular flexibility index (Phi) is 5.17. The van der Waals surface area contributed by atoms with Crippen molar-refractivity contribution >= 4 is 17.4 Å². The quantitative estimate of drug-likeness (QED) is 0.896. The van der Waals surface area contributed by atoms with Gasteiger partial charge >= 0.3 is 0 Å². The predicted molar refractivity (Wildman–Crippen MR) is 79.6 cm³/mol. The highest BCUT2D eigenvalue weighted by Gasteiger charge is 2.38. The molecule has 1 aromatic carbocycles. The average Bonchev–Trinajstić information content (AvgIpc) is 2.43. The van der Waals surface area contributed by atoms with Crippen LogP contribution in [0.2, 0.25) is 5.02 Å². The van der Waals surface area contributed by atoms with Crippen molar-refractivity contribution in [3.8, 4) is 0 Å². The molecule has 1 atom stereocenters. The molecule has 20 heavy (non-hydrogen) atoms. The molecule has 4 heteroatoms. The van der Waals surface area contributed by atoms with Gasteiger partial charge in [0.2, 0.25) is 0 Å². The zero-order chi connectivity index (χ0) is 14.6. The van der Waals surface area contributed by atoms with Crippen molar-refractivity contribution in [2.24, 2.45) is 5.41 Å². The first kappa shape index (κ1) is 15.5. The summed E-state index contributed by atoms with van der Waals surface area (Å²) in [6, 6.07) is 4.53. The van der Waals surface area contributed by atoms with Gasteiger partial charge in [-0.25, -0.2) is 4.39 Å². The number of benzene rings is 1. The number of nitrogens with one attached hydrogen (secondary N) is 1. The maximum atomic E-state index is 13.8. The maximum absolute atomic E-state index is 13.8. The number of halogens is 2. The Bertz CT molecular complexity index is 478. The zero-order valence-electron chi connectivity index (χ0n) is 11.8. The Labute approximate surface area is 124 Å². The fourth-order valence-corrected chi connectivity index (χ4v) is 3.22. The standard InChI is InChI=1S/C16H21ClFNO/c1-2-6-16(7-3-8-19-11-16)15(20)9-12-4-5-13(17)10-14(12)18/h4-5,10,19H,2-3,6-9,11H2,1H3. The zero-order valence-corrected chi connectivity index (χ0v) is 12.6. The van der Waals surface area contributed by atoms with Gasteiger partial charge < -0.3 is 5.32 Å². The van der Waals surface area contributed by atoms with Crippen LogP contribution < -0.4 is 5.32 Å². The third kappa shape index (κ3) is 3.39. The van der Waals surface area contributed by atoms with Crippen LogP contribution in [-0.4, -0.2) is 18.9 Å². The average molecular weight is 298 g/mol. The molecule has 1 unspecified atom stereocenters. The Balaban J connectivity index is 2.15. The van der Waals surface area contributed by atoms with Crippen molar-refractivity contribution in [3.63, 3.8) is 0 Å². The van der Waals surface area contributed by atoms with Crippen LogP contribution >= 0.6 is 11.6 Å². The summed E-state index contributed by atoms with van der Waals surface area (Å²) in [6.45, 7) is 3.77. The first-order chi connectivity index (χ1) is 9.57. The van der Waals surface area contributed by atoms with Gasteiger partial charge in [0.1, 0.15) is 11.6 Å². The van der Waals surface area contributed by atoms with E-state index in [0.29, 0.717) is 10.6 Å². The lowest BCUT2D eigenvalue weighted by molar-refractivity contribution is -0.129. The van der Waals surface area contributed by atoms with Gasteiger partial charge in [-0.3, -0.25) is 4.79 Å². The van der Waals surface area contributed by atoms with Gasteiger partial charge in [-0.1, -0.05) is 31.0 Å². The molecule has 1 fully saturated rings. The van der Waals surface area contributed by atoms with Crippen LogP contribution in [0.5, 0.6) is 0 Å². The van der Waals surface area contributed by atoms with Crippen molar-refractivity contribution in [1.29, 1.82) is 0 Å². The van der Waals surface area contributed by atoms with E-state index in [1.54, 1.807) is 12.1 Å². The maximum Gasteiger partial charge on any atom is 0.144 e. The second-order valence-corrected chi connectivity index (χ2v) is 6.08. The first-order valence-corrected chi connectivity index (χ1v) is 7.63. The molecule has 1 aliphatic heterocycles. The molecular formula is C16H21ClFNO. The molecule has 1 N–H and O–H groups in total. The van der Waals surface area contributed by atoms with Crippen LogP contribution in [0, 0.1) is 11.2 Å². The van der Waals surface area contributed by atoms with Crippen LogP contribution in [0.15, 0.2) is 18.2 Å². The molecule has 0 spiro atoms. The number of hydrogen-bond acceptors (Lipinski definition) is 2. The topological polar surface area (TPSA) is 29.1 Å². The van der Waals surface area contributed by atoms with Crippen LogP contribution in [0.3, 0.4) is 0 Å². The smallest absolute Gasteiger partial charge is 0.144 e. The molecule has 1 aromatic rings. The monoisotopic (exact) mass is 297 g/mol. The lowest BCUT2D eigenvalue weighted by Gasteiger charge is -2.36. The Morgan fingerprint density at radius 1 is 1.50 bits per heavy atom. The summed E-state index contributed by atoms with van der Waals surface area (Å²) in [5.41, 5.74) is 0.125. The van der Waals surface area contributed by atoms with Crippen molar-refractivity contribution in [2.75, 3.05) is 13.1 Å². The minimum Gasteiger partial charge on any atom is -0.316 e. The van der Waals surface area contributed by atoms with E-state index in [-0.39, 0.29) is 23.4 Å². The third-order valence-corrected chi connectivity index (χ3v) is 4.39. The van der Waals surface area contributed by atoms with E-state index in [4.69, 9.17) is 11.6 Å². The van der Waals surface area contributed by atoms with Gasteiger partial charge in [-0.2, -0.15) is 0 Å². The second kappa shape index (κ2) is 6.68. The largest absolute Gasteiger partial charge is 0.316 e. The fraction of sp³-hybridized carbons (Fsp3) is 0.562. The molecular weight excluding hydrogens is 277 g/mol. The predicted octanol–water partition coefficient (Wildman–Crippen LogP) is 3.76. The number of rotatable bonds is 5. The van der Waals surface area contributed by atoms with E-state index in [0.717, 1.165) is 38.8 Å². The number of carbonyl (C=O) groups excluding carboxylic acids is 1. The minimum atomic E-state index is -0.388. The molecule has 0 radical (unpaired) electrons. The van der Waals surface area contributed by atoms with Crippen LogP contribution in [0.4, 0.5) is 4.39 Å². The van der Waals surface area contributed by atoms with E-state index in [1.165, 1.54) is 6.07 Å². The van der Waals surface area contributed by atoms with Crippen molar-refractivity contribution < 1.29 is 9.18 Å². The summed E-state index contributed by atoms with van der Waals surface area (Å²) in [6.07, 6.45) is 3.91. The molecule has 1 heterocycles. The summed E-state index contributed by atoms with van der Waals surface area (Å²) in [5, 5.41) is 3.68. The van der Waals surface area contributed by atoms with Gasteiger partial charge in [-0.15, -0.1) is 0 Å². The van der Waals surface area contributed by atoms with Crippen molar-refractivity contribution in [2.45, 2.75) is 39.0 Å². The van der Waals surface area contributed by atoms with Crippen LogP contribution in [0.1, 0.15) is 38.2 Å². The molecule has 0 saturated carbocycles. The number of ketones is 1. The van der Waals surface area contributed by atoms with E-state index < -0.39 is 0 Å². The van der Waals surface area contributed by atoms with E-state index in [2.05, 4.69) is 12.2 Å². The molecule has 1 saturated heterocycles. The van der Waals surface area contributed by atoms with Gasteiger partial charge in [0, 0.05) is 23.4 Å². The summed E-state index contributed by atoms with van der Waals surface area (Å²) >= 11 is 5.74. The highest BCUT2D eigenvalue weighted by molar-refractivity contribution is 6.30. The Morgan fingerprint density at radius 2 is 2.30 bits per heavy atom. The molecule has 0 amide bonds. The highest BCUT2D eigenvalue weighted by Crippen LogP contribution is 2.34. The third-order valence-electron chi connectivity index (χ3n) is 4.16. The van der Waals surface area contributed by atoms with E-state index >= 15 is 0 Å². The summed E-state index contributed by atoms with van der Waals surface area (Å²) in [7, 11) is 0. The molecule has 2 nitrogen and oxygen atoms in total. The molecule has 0 aliphatic carbocycles. The van der Waals surface area contributed by atoms with Gasteiger partial charge in [0.05, 0.1) is 0 Å². The lowest BCUT2D eigenvalue weighted by Crippen LogP contribution is -2.46. The lowest BCUT2D eigenvalue weighted by atomic mass is 9.72. The normalized spacial score (nSPS) is 22.8. The van der Waals surface area contributed by atoms with E-state index in [1.807, 2.05) is 0 Å². The first-order valence-electron chi connectivity index (χ1n) is 7.25. The van der Waals surface area contributed by atoms with Gasteiger partial charge in [0.15, 0.2) is 0 Å². The summed E-state index contributed by atoms with van der Waals surface area (Å²) in [4.78, 5) is 12.7. The van der Waals surface area contributed by atoms with Crippen LogP contribution in [-0.2, 0) is 11.2 Å². The number of hydrogen-bond donors (Lipinski definition) is 1. The van der Waals surface area contributed by atoms with Crippen molar-refractivity contribution in [1.82, 2.24) is 5.32 Å². The van der Waals surface area contributed by atoms with Gasteiger partial charge in [-0.05, 0) is 43.5 Å². The molecule has 0 aromatic heterocycles.